The lowest BCUT2D eigenvalue weighted by molar-refractivity contribution is 0.244. The quantitative estimate of drug-likeness (QED) is 0.911. The molecule has 2 aromatic rings. The predicted octanol–water partition coefficient (Wildman–Crippen LogP) is 3.29. The fourth-order valence-electron chi connectivity index (χ4n) is 1.42. The molecule has 0 aliphatic rings. The van der Waals surface area contributed by atoms with Crippen molar-refractivity contribution in [2.45, 2.75) is 13.2 Å². The van der Waals surface area contributed by atoms with E-state index in [1.54, 1.807) is 18.2 Å². The fourth-order valence-corrected chi connectivity index (χ4v) is 1.91. The molecule has 0 atom stereocenters. The number of hydrogen-bond acceptors (Lipinski definition) is 3. The van der Waals surface area contributed by atoms with Gasteiger partial charge in [-0.2, -0.15) is 0 Å². The van der Waals surface area contributed by atoms with Crippen LogP contribution in [0.1, 0.15) is 11.5 Å². The number of benzene rings is 1. The first kappa shape index (κ1) is 12.1. The molecule has 1 aromatic heterocycles. The lowest BCUT2D eigenvalue weighted by Gasteiger charge is -2.06. The summed E-state index contributed by atoms with van der Waals surface area (Å²) in [5.41, 5.74) is 0.786. The van der Waals surface area contributed by atoms with E-state index in [-0.39, 0.29) is 12.4 Å². The SMILES string of the molecule is OCc1ccc(CNc2ccc(F)cc2Br)o1. The van der Waals surface area contributed by atoms with Crippen molar-refractivity contribution in [3.8, 4) is 0 Å². The van der Waals surface area contributed by atoms with Crippen molar-refractivity contribution in [1.29, 1.82) is 0 Å². The van der Waals surface area contributed by atoms with Crippen molar-refractivity contribution in [2.75, 3.05) is 5.32 Å². The Morgan fingerprint density at radius 3 is 2.65 bits per heavy atom. The highest BCUT2D eigenvalue weighted by Gasteiger charge is 2.04. The van der Waals surface area contributed by atoms with Crippen molar-refractivity contribution < 1.29 is 13.9 Å². The molecule has 0 aliphatic carbocycles. The topological polar surface area (TPSA) is 45.4 Å². The minimum absolute atomic E-state index is 0.111. The lowest BCUT2D eigenvalue weighted by atomic mass is 10.3. The third kappa shape index (κ3) is 3.08. The Kier molecular flexibility index (Phi) is 3.81. The molecule has 2 N–H and O–H groups in total. The number of anilines is 1. The lowest BCUT2D eigenvalue weighted by Crippen LogP contribution is -1.99. The summed E-state index contributed by atoms with van der Waals surface area (Å²) in [6.07, 6.45) is 0. The summed E-state index contributed by atoms with van der Waals surface area (Å²) in [7, 11) is 0. The zero-order valence-electron chi connectivity index (χ0n) is 8.91. The van der Waals surface area contributed by atoms with Crippen molar-refractivity contribution in [2.24, 2.45) is 0 Å². The summed E-state index contributed by atoms with van der Waals surface area (Å²) in [6, 6.07) is 7.93. The highest BCUT2D eigenvalue weighted by Crippen LogP contribution is 2.23. The van der Waals surface area contributed by atoms with Gasteiger partial charge in [0.15, 0.2) is 0 Å². The van der Waals surface area contributed by atoms with Crippen LogP contribution >= 0.6 is 15.9 Å². The molecule has 0 bridgehead atoms. The normalized spacial score (nSPS) is 10.5. The molecule has 0 saturated carbocycles. The second kappa shape index (κ2) is 5.33. The molecule has 0 radical (unpaired) electrons. The van der Waals surface area contributed by atoms with Gasteiger partial charge in [-0.05, 0) is 46.3 Å². The van der Waals surface area contributed by atoms with E-state index in [0.29, 0.717) is 22.5 Å². The van der Waals surface area contributed by atoms with Crippen LogP contribution in [0.25, 0.3) is 0 Å². The van der Waals surface area contributed by atoms with E-state index in [1.165, 1.54) is 12.1 Å². The first-order chi connectivity index (χ1) is 8.19. The number of furan rings is 1. The van der Waals surface area contributed by atoms with E-state index in [2.05, 4.69) is 21.2 Å². The second-order valence-corrected chi connectivity index (χ2v) is 4.36. The van der Waals surface area contributed by atoms with E-state index in [1.807, 2.05) is 0 Å². The van der Waals surface area contributed by atoms with Crippen LogP contribution in [0.3, 0.4) is 0 Å². The Morgan fingerprint density at radius 2 is 2.00 bits per heavy atom. The Balaban J connectivity index is 2.02. The Morgan fingerprint density at radius 1 is 1.24 bits per heavy atom. The van der Waals surface area contributed by atoms with E-state index in [9.17, 15) is 4.39 Å². The molecule has 0 fully saturated rings. The molecule has 2 rings (SSSR count). The van der Waals surface area contributed by atoms with E-state index in [0.717, 1.165) is 5.69 Å². The van der Waals surface area contributed by atoms with Gasteiger partial charge in [0.1, 0.15) is 23.9 Å². The molecule has 1 aromatic carbocycles. The third-order valence-electron chi connectivity index (χ3n) is 2.26. The van der Waals surface area contributed by atoms with Gasteiger partial charge in [-0.15, -0.1) is 0 Å². The molecule has 0 spiro atoms. The molecule has 90 valence electrons. The van der Waals surface area contributed by atoms with Gasteiger partial charge in [-0.1, -0.05) is 0 Å². The Hall–Kier alpha value is -1.33. The van der Waals surface area contributed by atoms with Gasteiger partial charge in [0.05, 0.1) is 6.54 Å². The van der Waals surface area contributed by atoms with Crippen LogP contribution in [0, 0.1) is 5.82 Å². The summed E-state index contributed by atoms with van der Waals surface area (Å²) >= 11 is 3.27. The molecule has 0 amide bonds. The number of nitrogens with one attached hydrogen (secondary N) is 1. The van der Waals surface area contributed by atoms with E-state index in [4.69, 9.17) is 9.52 Å². The number of halogens is 2. The summed E-state index contributed by atoms with van der Waals surface area (Å²) in [5.74, 6) is 0.952. The molecular weight excluding hydrogens is 289 g/mol. The molecule has 1 heterocycles. The summed E-state index contributed by atoms with van der Waals surface area (Å²) < 4.78 is 18.8. The fraction of sp³-hybridized carbons (Fsp3) is 0.167. The average Bonchev–Trinajstić information content (AvgIpc) is 2.76. The second-order valence-electron chi connectivity index (χ2n) is 3.50. The van der Waals surface area contributed by atoms with Gasteiger partial charge in [-0.3, -0.25) is 0 Å². The molecular formula is C12H11BrFNO2. The van der Waals surface area contributed by atoms with Gasteiger partial charge in [0, 0.05) is 10.2 Å². The average molecular weight is 300 g/mol. The van der Waals surface area contributed by atoms with Crippen molar-refractivity contribution in [1.82, 2.24) is 0 Å². The first-order valence-corrected chi connectivity index (χ1v) is 5.85. The monoisotopic (exact) mass is 299 g/mol. The van der Waals surface area contributed by atoms with Gasteiger partial charge >= 0.3 is 0 Å². The predicted molar refractivity (Wildman–Crippen MR) is 66.1 cm³/mol. The van der Waals surface area contributed by atoms with Gasteiger partial charge in [0.2, 0.25) is 0 Å². The standard InChI is InChI=1S/C12H11BrFNO2/c13-11-5-8(14)1-4-12(11)15-6-9-2-3-10(7-16)17-9/h1-5,15-16H,6-7H2. The zero-order valence-corrected chi connectivity index (χ0v) is 10.5. The number of aliphatic hydroxyl groups is 1. The highest BCUT2D eigenvalue weighted by atomic mass is 79.9. The highest BCUT2D eigenvalue weighted by molar-refractivity contribution is 9.10. The van der Waals surface area contributed by atoms with Crippen molar-refractivity contribution in [3.05, 3.63) is 52.1 Å². The minimum Gasteiger partial charge on any atom is -0.462 e. The summed E-state index contributed by atoms with van der Waals surface area (Å²) in [4.78, 5) is 0. The molecule has 5 heteroatoms. The van der Waals surface area contributed by atoms with Crippen LogP contribution in [-0.2, 0) is 13.2 Å². The summed E-state index contributed by atoms with van der Waals surface area (Å²) in [5, 5.41) is 12.0. The molecule has 0 aliphatic heterocycles. The van der Waals surface area contributed by atoms with Gasteiger partial charge < -0.3 is 14.8 Å². The largest absolute Gasteiger partial charge is 0.462 e. The van der Waals surface area contributed by atoms with E-state index >= 15 is 0 Å². The molecule has 0 saturated heterocycles. The number of aliphatic hydroxyl groups excluding tert-OH is 1. The maximum Gasteiger partial charge on any atom is 0.129 e. The van der Waals surface area contributed by atoms with E-state index < -0.39 is 0 Å². The maximum atomic E-state index is 12.9. The molecule has 3 nitrogen and oxygen atoms in total. The van der Waals surface area contributed by atoms with Crippen LogP contribution < -0.4 is 5.32 Å². The number of rotatable bonds is 4. The number of hydrogen-bond donors (Lipinski definition) is 2. The van der Waals surface area contributed by atoms with Crippen LogP contribution in [-0.4, -0.2) is 5.11 Å². The minimum atomic E-state index is -0.289. The Labute approximate surface area is 106 Å². The molecule has 0 unspecified atom stereocenters. The van der Waals surface area contributed by atoms with Crippen LogP contribution in [0.4, 0.5) is 10.1 Å². The van der Waals surface area contributed by atoms with Crippen LogP contribution in [0.5, 0.6) is 0 Å². The third-order valence-corrected chi connectivity index (χ3v) is 2.91. The van der Waals surface area contributed by atoms with Crippen molar-refractivity contribution >= 4 is 21.6 Å². The Bertz CT molecular complexity index is 513. The van der Waals surface area contributed by atoms with Gasteiger partial charge in [0.25, 0.3) is 0 Å². The van der Waals surface area contributed by atoms with Crippen LogP contribution in [0.2, 0.25) is 0 Å². The van der Waals surface area contributed by atoms with Crippen molar-refractivity contribution in [3.63, 3.8) is 0 Å². The summed E-state index contributed by atoms with van der Waals surface area (Å²) in [6.45, 7) is 0.366. The molecule has 17 heavy (non-hydrogen) atoms. The zero-order chi connectivity index (χ0) is 12.3. The maximum absolute atomic E-state index is 12.9. The smallest absolute Gasteiger partial charge is 0.129 e. The van der Waals surface area contributed by atoms with Crippen LogP contribution in [0.15, 0.2) is 39.2 Å². The first-order valence-electron chi connectivity index (χ1n) is 5.06. The van der Waals surface area contributed by atoms with Gasteiger partial charge in [-0.25, -0.2) is 4.39 Å².